The van der Waals surface area contributed by atoms with Gasteiger partial charge in [-0.25, -0.2) is 24.0 Å². The highest BCUT2D eigenvalue weighted by atomic mass is 35.5. The second kappa shape index (κ2) is 9.54. The van der Waals surface area contributed by atoms with Crippen molar-refractivity contribution in [3.05, 3.63) is 70.1 Å². The second-order valence-electron chi connectivity index (χ2n) is 7.39. The first-order valence-corrected chi connectivity index (χ1v) is 12.2. The van der Waals surface area contributed by atoms with E-state index in [4.69, 9.17) is 11.6 Å². The van der Waals surface area contributed by atoms with Gasteiger partial charge in [0, 0.05) is 34.9 Å². The minimum atomic E-state index is -2.46. The van der Waals surface area contributed by atoms with Gasteiger partial charge in [-0.05, 0) is 55.0 Å². The zero-order valence-corrected chi connectivity index (χ0v) is 19.6. The highest BCUT2D eigenvalue weighted by molar-refractivity contribution is 8.00. The molecule has 2 N–H and O–H groups in total. The van der Waals surface area contributed by atoms with Crippen LogP contribution in [-0.2, 0) is 22.5 Å². The summed E-state index contributed by atoms with van der Waals surface area (Å²) in [6.45, 7) is 1.86. The summed E-state index contributed by atoms with van der Waals surface area (Å²) in [6, 6.07) is 8.53. The van der Waals surface area contributed by atoms with Crippen molar-refractivity contribution in [2.24, 2.45) is 0 Å². The Hall–Kier alpha value is -3.17. The fraction of sp³-hybridized carbons (Fsp3) is 0.227. The molecule has 1 atom stereocenters. The number of rotatable bonds is 8. The zero-order valence-electron chi connectivity index (χ0n) is 18.0. The molecular weight excluding hydrogens is 450 g/mol. The van der Waals surface area contributed by atoms with E-state index in [-0.39, 0.29) is 5.56 Å². The number of hydrogen-bond donors (Lipinski definition) is 2. The number of pyridine rings is 1. The van der Waals surface area contributed by atoms with Gasteiger partial charge < -0.3 is 10.4 Å². The third-order valence-electron chi connectivity index (χ3n) is 4.92. The maximum atomic E-state index is 12.4. The van der Waals surface area contributed by atoms with Crippen LogP contribution in [0.1, 0.15) is 27.2 Å². The number of aromatic nitrogens is 3. The van der Waals surface area contributed by atoms with Crippen molar-refractivity contribution < 1.29 is 14.1 Å². The van der Waals surface area contributed by atoms with E-state index in [0.29, 0.717) is 41.0 Å². The van der Waals surface area contributed by atoms with Crippen molar-refractivity contribution in [2.75, 3.05) is 22.9 Å². The normalized spacial score (nSPS) is 12.8. The van der Waals surface area contributed by atoms with E-state index in [9.17, 15) is 14.1 Å². The van der Waals surface area contributed by atoms with E-state index >= 15 is 0 Å². The van der Waals surface area contributed by atoms with Crippen LogP contribution >= 0.6 is 11.6 Å². The van der Waals surface area contributed by atoms with Crippen LogP contribution in [0.3, 0.4) is 0 Å². The Labute approximate surface area is 192 Å². The Morgan fingerprint density at radius 1 is 1.28 bits per heavy atom. The summed E-state index contributed by atoms with van der Waals surface area (Å²) < 4.78 is 13.9. The predicted molar refractivity (Wildman–Crippen MR) is 130 cm³/mol. The summed E-state index contributed by atoms with van der Waals surface area (Å²) >= 11 is 6.33. The maximum absolute atomic E-state index is 12.4. The molecule has 0 radical (unpaired) electrons. The van der Waals surface area contributed by atoms with Gasteiger partial charge in [0.05, 0.1) is 22.5 Å². The van der Waals surface area contributed by atoms with Gasteiger partial charge in [-0.15, -0.1) is 0 Å². The number of anilines is 3. The first-order valence-electron chi connectivity index (χ1n) is 9.68. The van der Waals surface area contributed by atoms with Crippen LogP contribution in [0.2, 0.25) is 5.02 Å². The molecule has 0 aliphatic carbocycles. The van der Waals surface area contributed by atoms with Crippen LogP contribution in [0.4, 0.5) is 17.5 Å². The smallest absolute Gasteiger partial charge is 0.335 e. The summed E-state index contributed by atoms with van der Waals surface area (Å²) in [5.74, 6) is 3.62. The van der Waals surface area contributed by atoms with Gasteiger partial charge in [-0.3, -0.25) is 4.31 Å². The second-order valence-corrected chi connectivity index (χ2v) is 10.3. The minimum Gasteiger partial charge on any atom is -0.478 e. The van der Waals surface area contributed by atoms with Crippen LogP contribution in [0, 0.1) is 6.92 Å². The van der Waals surface area contributed by atoms with E-state index in [1.807, 2.05) is 19.1 Å². The number of hydrogen-bond acceptors (Lipinski definition) is 6. The van der Waals surface area contributed by atoms with Gasteiger partial charge in [0.1, 0.15) is 5.82 Å². The molecule has 0 aliphatic rings. The number of nitrogens with zero attached hydrogens (tertiary/aromatic N) is 4. The van der Waals surface area contributed by atoms with Gasteiger partial charge in [0.2, 0.25) is 5.95 Å². The number of nitrogens with one attached hydrogen (secondary N) is 1. The molecule has 10 heteroatoms. The molecule has 32 heavy (non-hydrogen) atoms. The fourth-order valence-corrected chi connectivity index (χ4v) is 3.71. The van der Waals surface area contributed by atoms with Crippen LogP contribution in [0.5, 0.6) is 0 Å². The van der Waals surface area contributed by atoms with E-state index in [1.165, 1.54) is 12.3 Å². The molecule has 0 bridgehead atoms. The van der Waals surface area contributed by atoms with E-state index in [0.717, 1.165) is 11.1 Å². The molecule has 0 spiro atoms. The number of halogens is 1. The van der Waals surface area contributed by atoms with Crippen LogP contribution < -0.4 is 9.62 Å². The van der Waals surface area contributed by atoms with Gasteiger partial charge in [-0.1, -0.05) is 23.7 Å². The van der Waals surface area contributed by atoms with Crippen LogP contribution in [0.15, 0.2) is 42.7 Å². The lowest BCUT2D eigenvalue weighted by molar-refractivity contribution is 0.0697. The van der Waals surface area contributed by atoms with Crippen LogP contribution in [0.25, 0.3) is 0 Å². The Morgan fingerprint density at radius 3 is 2.72 bits per heavy atom. The number of benzene rings is 1. The van der Waals surface area contributed by atoms with E-state index < -0.39 is 15.7 Å². The third kappa shape index (κ3) is 5.54. The SMILES string of the molecule is C=S(C)(=O)N(C)c1ncccc1CCc1nc(Nc2cc(C(=O)O)ccc2C)ncc1Cl. The maximum Gasteiger partial charge on any atom is 0.335 e. The molecule has 8 nitrogen and oxygen atoms in total. The number of carboxylic acids is 1. The molecule has 0 saturated heterocycles. The van der Waals surface area contributed by atoms with Crippen molar-refractivity contribution >= 4 is 50.6 Å². The predicted octanol–water partition coefficient (Wildman–Crippen LogP) is 3.76. The molecule has 2 aromatic heterocycles. The highest BCUT2D eigenvalue weighted by Gasteiger charge is 2.15. The lowest BCUT2D eigenvalue weighted by Crippen LogP contribution is -2.26. The zero-order chi connectivity index (χ0) is 23.5. The Kier molecular flexibility index (Phi) is 7.00. The van der Waals surface area contributed by atoms with Crippen molar-refractivity contribution in [3.8, 4) is 0 Å². The standard InChI is InChI=1S/C22H24ClN5O3S/c1-14-7-8-16(21(29)30)12-19(14)27-22-25-13-17(23)18(26-22)10-9-15-6-5-11-24-20(15)28(2)32(3,4)31/h5-8,11-13H,3,9-10H2,1-2,4H3,(H,29,30)(H,25,26,27). The molecule has 3 rings (SSSR count). The molecule has 0 amide bonds. The monoisotopic (exact) mass is 473 g/mol. The van der Waals surface area contributed by atoms with Crippen molar-refractivity contribution in [2.45, 2.75) is 19.8 Å². The summed E-state index contributed by atoms with van der Waals surface area (Å²) in [5, 5.41) is 12.7. The summed E-state index contributed by atoms with van der Waals surface area (Å²) in [5.41, 5.74) is 3.14. The molecule has 0 aliphatic heterocycles. The third-order valence-corrected chi connectivity index (χ3v) is 6.57. The number of aryl methyl sites for hydroxylation is 3. The molecule has 168 valence electrons. The first kappa shape index (κ1) is 23.5. The Morgan fingerprint density at radius 2 is 2.03 bits per heavy atom. The topological polar surface area (TPSA) is 108 Å². The van der Waals surface area contributed by atoms with Gasteiger partial charge in [-0.2, -0.15) is 0 Å². The van der Waals surface area contributed by atoms with Crippen molar-refractivity contribution in [1.82, 2.24) is 15.0 Å². The summed E-state index contributed by atoms with van der Waals surface area (Å²) in [4.78, 5) is 24.4. The Bertz CT molecular complexity index is 1260. The molecule has 0 saturated carbocycles. The molecular formula is C22H24ClN5O3S. The molecule has 3 aromatic rings. The summed E-state index contributed by atoms with van der Waals surface area (Å²) in [6.07, 6.45) is 5.78. The minimum absolute atomic E-state index is 0.165. The molecule has 2 heterocycles. The highest BCUT2D eigenvalue weighted by Crippen LogP contribution is 2.24. The largest absolute Gasteiger partial charge is 0.478 e. The van der Waals surface area contributed by atoms with Crippen LogP contribution in [-0.4, -0.2) is 49.4 Å². The number of aromatic carboxylic acids is 1. The Balaban J connectivity index is 1.83. The van der Waals surface area contributed by atoms with Crippen molar-refractivity contribution in [1.29, 1.82) is 0 Å². The average molecular weight is 474 g/mol. The quantitative estimate of drug-likeness (QED) is 0.479. The number of carbonyl (C=O) groups is 1. The van der Waals surface area contributed by atoms with Gasteiger partial charge >= 0.3 is 5.97 Å². The van der Waals surface area contributed by atoms with Gasteiger partial charge in [0.15, 0.2) is 0 Å². The first-order chi connectivity index (χ1) is 15.1. The molecule has 1 aromatic carbocycles. The summed E-state index contributed by atoms with van der Waals surface area (Å²) in [7, 11) is -0.754. The fourth-order valence-electron chi connectivity index (χ4n) is 2.99. The number of carboxylic acid groups (broad SMARTS) is 1. The van der Waals surface area contributed by atoms with Crippen molar-refractivity contribution in [3.63, 3.8) is 0 Å². The lowest BCUT2D eigenvalue weighted by atomic mass is 10.1. The lowest BCUT2D eigenvalue weighted by Gasteiger charge is -2.22. The molecule has 0 fully saturated rings. The molecule has 1 unspecified atom stereocenters. The van der Waals surface area contributed by atoms with E-state index in [1.54, 1.807) is 35.9 Å². The van der Waals surface area contributed by atoms with Gasteiger partial charge in [0.25, 0.3) is 0 Å². The average Bonchev–Trinajstić information content (AvgIpc) is 2.74. The van der Waals surface area contributed by atoms with E-state index in [2.05, 4.69) is 26.1 Å².